The maximum absolute atomic E-state index is 11.2. The highest BCUT2D eigenvalue weighted by Gasteiger charge is 2.31. The fourth-order valence-electron chi connectivity index (χ4n) is 1.25. The predicted molar refractivity (Wildman–Crippen MR) is 57.6 cm³/mol. The zero-order valence-electron chi connectivity index (χ0n) is 9.54. The maximum Gasteiger partial charge on any atom is 0.323 e. The molecule has 0 aliphatic heterocycles. The standard InChI is InChI=1S/C10H17N3O3/c1-3-4-10(2,9(15)16)13-7-8(14)12-6-5-11/h13H,3-4,6-7H2,1-2H3,(H,12,14)(H,15,16). The van der Waals surface area contributed by atoms with Gasteiger partial charge in [-0.1, -0.05) is 13.3 Å². The Morgan fingerprint density at radius 1 is 1.50 bits per heavy atom. The van der Waals surface area contributed by atoms with E-state index in [2.05, 4.69) is 10.6 Å². The number of carbonyl (C=O) groups is 2. The van der Waals surface area contributed by atoms with Crippen LogP contribution in [-0.2, 0) is 9.59 Å². The SMILES string of the molecule is CCCC(C)(NCC(=O)NCC#N)C(=O)O. The first-order chi connectivity index (χ1) is 7.46. The molecule has 90 valence electrons. The quantitative estimate of drug-likeness (QED) is 0.525. The van der Waals surface area contributed by atoms with Gasteiger partial charge >= 0.3 is 5.97 Å². The average molecular weight is 227 g/mol. The maximum atomic E-state index is 11.2. The van der Waals surface area contributed by atoms with E-state index in [0.29, 0.717) is 12.8 Å². The molecule has 0 rings (SSSR count). The van der Waals surface area contributed by atoms with Crippen LogP contribution in [0.3, 0.4) is 0 Å². The lowest BCUT2D eigenvalue weighted by Crippen LogP contribution is -2.52. The Morgan fingerprint density at radius 2 is 2.12 bits per heavy atom. The molecule has 0 spiro atoms. The van der Waals surface area contributed by atoms with E-state index < -0.39 is 11.5 Å². The molecular weight excluding hydrogens is 210 g/mol. The highest BCUT2D eigenvalue weighted by Crippen LogP contribution is 2.11. The van der Waals surface area contributed by atoms with Gasteiger partial charge in [0.25, 0.3) is 0 Å². The molecule has 0 saturated heterocycles. The van der Waals surface area contributed by atoms with Crippen molar-refractivity contribution < 1.29 is 14.7 Å². The molecule has 3 N–H and O–H groups in total. The Kier molecular flexibility index (Phi) is 6.11. The van der Waals surface area contributed by atoms with Gasteiger partial charge in [-0.3, -0.25) is 14.9 Å². The third-order valence-corrected chi connectivity index (χ3v) is 2.23. The Bertz CT molecular complexity index is 298. The second-order valence-electron chi connectivity index (χ2n) is 3.68. The smallest absolute Gasteiger partial charge is 0.323 e. The van der Waals surface area contributed by atoms with Gasteiger partial charge in [0.15, 0.2) is 0 Å². The van der Waals surface area contributed by atoms with Gasteiger partial charge < -0.3 is 10.4 Å². The molecule has 0 aromatic carbocycles. The predicted octanol–water partition coefficient (Wildman–Crippen LogP) is -0.141. The monoisotopic (exact) mass is 227 g/mol. The number of hydrogen-bond donors (Lipinski definition) is 3. The molecule has 16 heavy (non-hydrogen) atoms. The third kappa shape index (κ3) is 4.75. The molecule has 1 unspecified atom stereocenters. The fourth-order valence-corrected chi connectivity index (χ4v) is 1.25. The number of carbonyl (C=O) groups excluding carboxylic acids is 1. The van der Waals surface area contributed by atoms with Crippen LogP contribution in [0.5, 0.6) is 0 Å². The van der Waals surface area contributed by atoms with Gasteiger partial charge in [0.05, 0.1) is 12.6 Å². The molecule has 6 heteroatoms. The van der Waals surface area contributed by atoms with Gasteiger partial charge in [-0.2, -0.15) is 5.26 Å². The van der Waals surface area contributed by atoms with Crippen molar-refractivity contribution in [1.82, 2.24) is 10.6 Å². The van der Waals surface area contributed by atoms with E-state index in [9.17, 15) is 9.59 Å². The van der Waals surface area contributed by atoms with E-state index >= 15 is 0 Å². The summed E-state index contributed by atoms with van der Waals surface area (Å²) in [6.45, 7) is 3.23. The second kappa shape index (κ2) is 6.80. The van der Waals surface area contributed by atoms with E-state index in [1.165, 1.54) is 6.92 Å². The van der Waals surface area contributed by atoms with Gasteiger partial charge in [0.1, 0.15) is 12.1 Å². The average Bonchev–Trinajstić information content (AvgIpc) is 2.23. The highest BCUT2D eigenvalue weighted by molar-refractivity contribution is 5.81. The molecule has 1 amide bonds. The summed E-state index contributed by atoms with van der Waals surface area (Å²) in [4.78, 5) is 22.1. The molecule has 0 radical (unpaired) electrons. The molecule has 0 fully saturated rings. The minimum absolute atomic E-state index is 0.0714. The van der Waals surface area contributed by atoms with Crippen LogP contribution in [0.4, 0.5) is 0 Å². The first kappa shape index (κ1) is 14.4. The van der Waals surface area contributed by atoms with Crippen LogP contribution < -0.4 is 10.6 Å². The lowest BCUT2D eigenvalue weighted by molar-refractivity contribution is -0.144. The Morgan fingerprint density at radius 3 is 2.56 bits per heavy atom. The van der Waals surface area contributed by atoms with Gasteiger partial charge in [0, 0.05) is 0 Å². The fraction of sp³-hybridized carbons (Fsp3) is 0.700. The summed E-state index contributed by atoms with van der Waals surface area (Å²) >= 11 is 0. The van der Waals surface area contributed by atoms with E-state index in [0.717, 1.165) is 0 Å². The number of nitrogens with one attached hydrogen (secondary N) is 2. The molecule has 6 nitrogen and oxygen atoms in total. The summed E-state index contributed by atoms with van der Waals surface area (Å²) in [5.74, 6) is -1.37. The molecule has 0 saturated carbocycles. The molecule has 0 aliphatic carbocycles. The van der Waals surface area contributed by atoms with Gasteiger partial charge in [0.2, 0.25) is 5.91 Å². The summed E-state index contributed by atoms with van der Waals surface area (Å²) in [7, 11) is 0. The zero-order chi connectivity index (χ0) is 12.6. The zero-order valence-corrected chi connectivity index (χ0v) is 9.54. The van der Waals surface area contributed by atoms with E-state index in [4.69, 9.17) is 10.4 Å². The van der Waals surface area contributed by atoms with Crippen LogP contribution in [0, 0.1) is 11.3 Å². The normalized spacial score (nSPS) is 13.6. The highest BCUT2D eigenvalue weighted by atomic mass is 16.4. The van der Waals surface area contributed by atoms with Crippen molar-refractivity contribution in [2.45, 2.75) is 32.2 Å². The van der Waals surface area contributed by atoms with E-state index in [1.807, 2.05) is 6.92 Å². The Labute approximate surface area is 94.6 Å². The topological polar surface area (TPSA) is 102 Å². The summed E-state index contributed by atoms with van der Waals surface area (Å²) in [5.41, 5.74) is -1.10. The van der Waals surface area contributed by atoms with Gasteiger partial charge in [-0.25, -0.2) is 0 Å². The second-order valence-corrected chi connectivity index (χ2v) is 3.68. The van der Waals surface area contributed by atoms with Crippen LogP contribution in [0.15, 0.2) is 0 Å². The first-order valence-electron chi connectivity index (χ1n) is 5.08. The lowest BCUT2D eigenvalue weighted by Gasteiger charge is -2.25. The van der Waals surface area contributed by atoms with Crippen molar-refractivity contribution in [3.63, 3.8) is 0 Å². The van der Waals surface area contributed by atoms with Crippen LogP contribution in [0.25, 0.3) is 0 Å². The third-order valence-electron chi connectivity index (χ3n) is 2.23. The number of carboxylic acids is 1. The summed E-state index contributed by atoms with van der Waals surface area (Å²) in [6, 6.07) is 1.77. The van der Waals surface area contributed by atoms with Crippen molar-refractivity contribution in [3.8, 4) is 6.07 Å². The largest absolute Gasteiger partial charge is 0.480 e. The number of rotatable bonds is 7. The van der Waals surface area contributed by atoms with Crippen LogP contribution in [0.2, 0.25) is 0 Å². The van der Waals surface area contributed by atoms with Crippen LogP contribution in [-0.4, -0.2) is 35.6 Å². The number of aliphatic carboxylic acids is 1. The van der Waals surface area contributed by atoms with E-state index in [-0.39, 0.29) is 19.0 Å². The van der Waals surface area contributed by atoms with Crippen LogP contribution >= 0.6 is 0 Å². The van der Waals surface area contributed by atoms with E-state index in [1.54, 1.807) is 6.07 Å². The van der Waals surface area contributed by atoms with Crippen molar-refractivity contribution in [3.05, 3.63) is 0 Å². The summed E-state index contributed by atoms with van der Waals surface area (Å²) < 4.78 is 0. The number of nitrogens with zero attached hydrogens (tertiary/aromatic N) is 1. The van der Waals surface area contributed by atoms with Gasteiger partial charge in [-0.05, 0) is 13.3 Å². The van der Waals surface area contributed by atoms with Crippen molar-refractivity contribution in [2.75, 3.05) is 13.1 Å². The van der Waals surface area contributed by atoms with Crippen LogP contribution in [0.1, 0.15) is 26.7 Å². The van der Waals surface area contributed by atoms with Crippen molar-refractivity contribution in [2.24, 2.45) is 0 Å². The minimum atomic E-state index is -1.10. The number of amides is 1. The Balaban J connectivity index is 4.18. The number of carboxylic acid groups (broad SMARTS) is 1. The minimum Gasteiger partial charge on any atom is -0.480 e. The number of hydrogen-bond acceptors (Lipinski definition) is 4. The summed E-state index contributed by atoms with van der Waals surface area (Å²) in [6.07, 6.45) is 1.14. The molecule has 0 aliphatic rings. The Hall–Kier alpha value is -1.61. The molecule has 0 aromatic heterocycles. The molecular formula is C10H17N3O3. The molecule has 1 atom stereocenters. The molecule has 0 heterocycles. The lowest BCUT2D eigenvalue weighted by atomic mass is 9.96. The molecule has 0 aromatic rings. The van der Waals surface area contributed by atoms with Gasteiger partial charge in [-0.15, -0.1) is 0 Å². The molecule has 0 bridgehead atoms. The number of nitriles is 1. The van der Waals surface area contributed by atoms with Crippen molar-refractivity contribution >= 4 is 11.9 Å². The summed E-state index contributed by atoms with van der Waals surface area (Å²) in [5, 5.41) is 22.3. The van der Waals surface area contributed by atoms with Crippen molar-refractivity contribution in [1.29, 1.82) is 5.26 Å². The first-order valence-corrected chi connectivity index (χ1v) is 5.08.